The summed E-state index contributed by atoms with van der Waals surface area (Å²) >= 11 is 0. The van der Waals surface area contributed by atoms with Crippen LogP contribution in [0.1, 0.15) is 110 Å². The molecule has 0 spiro atoms. The first-order valence-electron chi connectivity index (χ1n) is 14.8. The van der Waals surface area contributed by atoms with E-state index in [9.17, 15) is 9.90 Å². The second-order valence-electron chi connectivity index (χ2n) is 9.55. The third kappa shape index (κ3) is 46.7. The van der Waals surface area contributed by atoms with Crippen LogP contribution in [0, 0.1) is 0 Å². The van der Waals surface area contributed by atoms with Crippen molar-refractivity contribution in [1.82, 2.24) is 4.90 Å². The number of nitrogens with zero attached hydrogens (tertiary/aromatic N) is 1. The van der Waals surface area contributed by atoms with Crippen LogP contribution in [0.25, 0.3) is 0 Å². The minimum Gasteiger partial charge on any atom is -0.466 e. The summed E-state index contributed by atoms with van der Waals surface area (Å²) in [4.78, 5) is 13.2. The van der Waals surface area contributed by atoms with Gasteiger partial charge in [-0.2, -0.15) is 8.42 Å². The molecule has 40 heavy (non-hydrogen) atoms. The van der Waals surface area contributed by atoms with Crippen molar-refractivity contribution in [2.75, 3.05) is 46.1 Å². The molecule has 242 valence electrons. The summed E-state index contributed by atoms with van der Waals surface area (Å²) in [6, 6.07) is 0. The number of carbonyl (C=O) groups is 1. The average molecular weight is 602 g/mol. The van der Waals surface area contributed by atoms with Gasteiger partial charge in [0.1, 0.15) is 0 Å². The van der Waals surface area contributed by atoms with Gasteiger partial charge in [0.05, 0.1) is 32.5 Å². The summed E-state index contributed by atoms with van der Waals surface area (Å²) < 4.78 is 36.7. The lowest BCUT2D eigenvalue weighted by Crippen LogP contribution is -2.32. The van der Waals surface area contributed by atoms with Gasteiger partial charge in [0, 0.05) is 26.1 Å². The molecule has 1 unspecified atom stereocenters. The van der Waals surface area contributed by atoms with E-state index in [4.69, 9.17) is 37.6 Å². The van der Waals surface area contributed by atoms with Crippen LogP contribution in [0.15, 0.2) is 12.2 Å². The maximum Gasteiger partial charge on any atom is 0.394 e. The molecular weight excluding hydrogens is 542 g/mol. The summed E-state index contributed by atoms with van der Waals surface area (Å²) in [7, 11) is -4.67. The molecule has 0 aromatic heterocycles. The maximum absolute atomic E-state index is 11.4. The van der Waals surface area contributed by atoms with Crippen molar-refractivity contribution in [2.45, 2.75) is 116 Å². The number of aliphatic hydroxyl groups excluding tert-OH is 4. The van der Waals surface area contributed by atoms with Gasteiger partial charge in [-0.25, -0.2) is 0 Å². The van der Waals surface area contributed by atoms with Crippen molar-refractivity contribution in [1.29, 1.82) is 0 Å². The van der Waals surface area contributed by atoms with Crippen LogP contribution in [0.2, 0.25) is 0 Å². The van der Waals surface area contributed by atoms with Gasteiger partial charge in [-0.05, 0) is 38.5 Å². The van der Waals surface area contributed by atoms with Crippen LogP contribution in [0.5, 0.6) is 0 Å². The van der Waals surface area contributed by atoms with E-state index in [0.717, 1.165) is 51.4 Å². The highest BCUT2D eigenvalue weighted by molar-refractivity contribution is 7.79. The highest BCUT2D eigenvalue weighted by atomic mass is 32.3. The number of rotatable bonds is 24. The Hall–Kier alpha value is -1.12. The number of carbonyl (C=O) groups excluding carboxylic acids is 1. The first kappa shape index (κ1) is 43.3. The summed E-state index contributed by atoms with van der Waals surface area (Å²) in [5, 5.41) is 35.3. The van der Waals surface area contributed by atoms with E-state index in [2.05, 4.69) is 26.0 Å². The summed E-state index contributed by atoms with van der Waals surface area (Å²) in [5.41, 5.74) is 0. The minimum absolute atomic E-state index is 0.0374. The van der Waals surface area contributed by atoms with Gasteiger partial charge >= 0.3 is 16.4 Å². The summed E-state index contributed by atoms with van der Waals surface area (Å²) in [5.74, 6) is -0.0374. The first-order chi connectivity index (χ1) is 19.0. The first-order valence-corrected chi connectivity index (χ1v) is 16.2. The lowest BCUT2D eigenvalue weighted by molar-refractivity contribution is -0.143. The Bertz CT molecular complexity index is 625. The van der Waals surface area contributed by atoms with Crippen molar-refractivity contribution < 1.29 is 47.5 Å². The van der Waals surface area contributed by atoms with Crippen molar-refractivity contribution in [2.24, 2.45) is 0 Å². The molecule has 0 aliphatic rings. The van der Waals surface area contributed by atoms with Gasteiger partial charge < -0.3 is 25.2 Å². The number of hydrogen-bond acceptors (Lipinski definition) is 9. The molecule has 0 rings (SSSR count). The molecule has 11 nitrogen and oxygen atoms in total. The van der Waals surface area contributed by atoms with Crippen molar-refractivity contribution >= 4 is 16.4 Å². The molecule has 0 bridgehead atoms. The van der Waals surface area contributed by atoms with Crippen LogP contribution in [-0.4, -0.2) is 101 Å². The van der Waals surface area contributed by atoms with Gasteiger partial charge in [0.2, 0.25) is 0 Å². The number of hydrogen-bond donors (Lipinski definition) is 6. The third-order valence-electron chi connectivity index (χ3n) is 5.73. The normalized spacial score (nSPS) is 12.0. The molecule has 0 aliphatic carbocycles. The third-order valence-corrected chi connectivity index (χ3v) is 5.73. The van der Waals surface area contributed by atoms with Crippen molar-refractivity contribution in [3.63, 3.8) is 0 Å². The maximum atomic E-state index is 11.4. The largest absolute Gasteiger partial charge is 0.466 e. The molecule has 0 fully saturated rings. The Balaban J connectivity index is -0.000000745. The molecule has 0 amide bonds. The number of aliphatic hydroxyl groups is 4. The van der Waals surface area contributed by atoms with Gasteiger partial charge in [0.25, 0.3) is 0 Å². The fourth-order valence-corrected chi connectivity index (χ4v) is 3.52. The molecule has 0 radical (unpaired) electrons. The van der Waals surface area contributed by atoms with E-state index in [1.54, 1.807) is 4.90 Å². The second-order valence-corrected chi connectivity index (χ2v) is 10.4. The van der Waals surface area contributed by atoms with E-state index >= 15 is 0 Å². The van der Waals surface area contributed by atoms with E-state index < -0.39 is 10.4 Å². The van der Waals surface area contributed by atoms with E-state index in [1.807, 2.05) is 0 Å². The molecule has 0 saturated heterocycles. The molecule has 0 aliphatic heterocycles. The van der Waals surface area contributed by atoms with Crippen LogP contribution in [-0.2, 0) is 19.9 Å². The predicted octanol–water partition coefficient (Wildman–Crippen LogP) is 3.95. The smallest absolute Gasteiger partial charge is 0.394 e. The molecule has 0 heterocycles. The van der Waals surface area contributed by atoms with E-state index in [1.165, 1.54) is 38.5 Å². The van der Waals surface area contributed by atoms with Gasteiger partial charge in [-0.15, -0.1) is 0 Å². The standard InChI is InChI=1S/C22H42O3.C6H15NO3.H2O4S/c1-3-5-7-14-17-21(23)18-15-12-10-8-9-11-13-16-19-22(24)25-20-6-4-2;8-4-1-7(2-5-9)3-6-10;1-5(2,3)4/h12,15,21,23H,3-11,13-14,16-20H2,1-2H3;8-10H,1-6H2;(H2,1,2,3,4)/b15-12-;;. The number of unbranched alkanes of at least 4 members (excludes halogenated alkanes) is 9. The monoisotopic (exact) mass is 601 g/mol. The summed E-state index contributed by atoms with van der Waals surface area (Å²) in [6.45, 7) is 6.64. The van der Waals surface area contributed by atoms with E-state index in [0.29, 0.717) is 32.7 Å². The van der Waals surface area contributed by atoms with Crippen molar-refractivity contribution in [3.05, 3.63) is 12.2 Å². The number of allylic oxidation sites excluding steroid dienone is 1. The Morgan fingerprint density at radius 3 is 1.80 bits per heavy atom. The summed E-state index contributed by atoms with van der Waals surface area (Å²) in [6.07, 6.45) is 20.2. The Labute approximate surface area is 243 Å². The lowest BCUT2D eigenvalue weighted by atomic mass is 10.1. The quantitative estimate of drug-likeness (QED) is 0.0407. The van der Waals surface area contributed by atoms with E-state index in [-0.39, 0.29) is 31.9 Å². The predicted molar refractivity (Wildman–Crippen MR) is 159 cm³/mol. The molecule has 12 heteroatoms. The Kier molecular flexibility index (Phi) is 36.9. The van der Waals surface area contributed by atoms with Crippen LogP contribution in [0.4, 0.5) is 0 Å². The van der Waals surface area contributed by atoms with Crippen LogP contribution < -0.4 is 0 Å². The SMILES string of the molecule is CCCCCCC(O)C/C=C\CCCCCCCC(=O)OCCCC.O=S(=O)(O)O.OCCN(CCO)CCO. The zero-order chi connectivity index (χ0) is 30.9. The molecule has 0 aromatic rings. The average Bonchev–Trinajstić information content (AvgIpc) is 2.88. The highest BCUT2D eigenvalue weighted by Crippen LogP contribution is 2.11. The second kappa shape index (κ2) is 34.1. The van der Waals surface area contributed by atoms with Gasteiger partial charge in [-0.1, -0.05) is 77.4 Å². The molecule has 0 saturated carbocycles. The number of esters is 1. The lowest BCUT2D eigenvalue weighted by Gasteiger charge is -2.17. The van der Waals surface area contributed by atoms with Gasteiger partial charge in [-0.3, -0.25) is 18.8 Å². The Morgan fingerprint density at radius 2 is 1.27 bits per heavy atom. The molecule has 6 N–H and O–H groups in total. The molecular formula is C28H59NO10S. The molecule has 1 atom stereocenters. The zero-order valence-electron chi connectivity index (χ0n) is 25.0. The zero-order valence-corrected chi connectivity index (χ0v) is 25.8. The highest BCUT2D eigenvalue weighted by Gasteiger charge is 2.03. The fourth-order valence-electron chi connectivity index (χ4n) is 3.52. The van der Waals surface area contributed by atoms with Crippen LogP contribution >= 0.6 is 0 Å². The fraction of sp³-hybridized carbons (Fsp3) is 0.893. The molecule has 0 aromatic carbocycles. The van der Waals surface area contributed by atoms with Crippen LogP contribution in [0.3, 0.4) is 0 Å². The topological polar surface area (TPSA) is 185 Å². The Morgan fingerprint density at radius 1 is 0.775 bits per heavy atom. The minimum atomic E-state index is -4.67. The number of ether oxygens (including phenoxy) is 1. The van der Waals surface area contributed by atoms with Gasteiger partial charge in [0.15, 0.2) is 0 Å². The van der Waals surface area contributed by atoms with Crippen molar-refractivity contribution in [3.8, 4) is 0 Å².